The standard InChI is InChI=1S/C25H27BrN4O2S.ClH/c1-30-11-10-21-22(14-30)33-25(29-21)24(32)28-20-5-3-2-4-19(20)27-23(31)17-7-6-16-13-18(26)9-8-15(16)12-17;/h6-9,12-13,19-20H,2-5,10-11,14H2,1H3,(H,27,31)(H,28,32);1H/t19-,20+;/m1./s1. The van der Waals surface area contributed by atoms with Crippen molar-refractivity contribution in [3.05, 3.63) is 62.0 Å². The Labute approximate surface area is 218 Å². The van der Waals surface area contributed by atoms with Gasteiger partial charge in [0.1, 0.15) is 0 Å². The minimum atomic E-state index is -0.125. The van der Waals surface area contributed by atoms with Crippen LogP contribution in [0.2, 0.25) is 0 Å². The van der Waals surface area contributed by atoms with E-state index in [9.17, 15) is 9.59 Å². The summed E-state index contributed by atoms with van der Waals surface area (Å²) in [5, 5.41) is 9.00. The van der Waals surface area contributed by atoms with Crippen molar-refractivity contribution >= 4 is 62.3 Å². The highest BCUT2D eigenvalue weighted by Gasteiger charge is 2.30. The molecule has 0 spiro atoms. The number of likely N-dealkylation sites (N-methyl/N-ethyl adjacent to an activating group) is 1. The predicted molar refractivity (Wildman–Crippen MR) is 142 cm³/mol. The van der Waals surface area contributed by atoms with Gasteiger partial charge in [0.05, 0.1) is 5.69 Å². The fourth-order valence-corrected chi connectivity index (χ4v) is 6.21. The van der Waals surface area contributed by atoms with Gasteiger partial charge in [-0.1, -0.05) is 40.9 Å². The smallest absolute Gasteiger partial charge is 0.280 e. The molecule has 3 aromatic rings. The van der Waals surface area contributed by atoms with Crippen LogP contribution in [-0.4, -0.2) is 47.4 Å². The van der Waals surface area contributed by atoms with Crippen LogP contribution in [0, 0.1) is 0 Å². The van der Waals surface area contributed by atoms with Gasteiger partial charge in [-0.05, 0) is 54.9 Å². The van der Waals surface area contributed by atoms with Crippen LogP contribution in [0.1, 0.15) is 56.4 Å². The second-order valence-corrected chi connectivity index (χ2v) is 11.0. The Hall–Kier alpha value is -2.00. The zero-order chi connectivity index (χ0) is 22.9. The first-order valence-corrected chi connectivity index (χ1v) is 13.1. The summed E-state index contributed by atoms with van der Waals surface area (Å²) in [6.07, 6.45) is 4.69. The van der Waals surface area contributed by atoms with Gasteiger partial charge in [0.15, 0.2) is 5.01 Å². The Morgan fingerprint density at radius 2 is 1.71 bits per heavy atom. The molecule has 0 unspecified atom stereocenters. The lowest BCUT2D eigenvalue weighted by atomic mass is 9.90. The van der Waals surface area contributed by atoms with Crippen molar-refractivity contribution in [3.63, 3.8) is 0 Å². The summed E-state index contributed by atoms with van der Waals surface area (Å²) in [5.74, 6) is -0.224. The third-order valence-corrected chi connectivity index (χ3v) is 8.15. The molecule has 6 nitrogen and oxygen atoms in total. The summed E-state index contributed by atoms with van der Waals surface area (Å²) in [7, 11) is 2.09. The Kier molecular flexibility index (Phi) is 7.92. The second-order valence-electron chi connectivity index (χ2n) is 9.03. The average Bonchev–Trinajstić information content (AvgIpc) is 3.23. The lowest BCUT2D eigenvalue weighted by Gasteiger charge is -2.32. The fraction of sp³-hybridized carbons (Fsp3) is 0.400. The van der Waals surface area contributed by atoms with Crippen LogP contribution in [0.4, 0.5) is 0 Å². The van der Waals surface area contributed by atoms with Crippen molar-refractivity contribution in [2.75, 3.05) is 13.6 Å². The van der Waals surface area contributed by atoms with E-state index in [2.05, 4.69) is 43.5 Å². The van der Waals surface area contributed by atoms with Gasteiger partial charge in [-0.2, -0.15) is 0 Å². The average molecular weight is 564 g/mol. The first kappa shape index (κ1) is 25.1. The molecule has 34 heavy (non-hydrogen) atoms. The molecule has 9 heteroatoms. The molecule has 5 rings (SSSR count). The Morgan fingerprint density at radius 3 is 2.47 bits per heavy atom. The SMILES string of the molecule is CN1CCc2nc(C(=O)N[C@H]3CCCC[C@H]3NC(=O)c3ccc4cc(Br)ccc4c3)sc2C1.Cl. The largest absolute Gasteiger partial charge is 0.347 e. The summed E-state index contributed by atoms with van der Waals surface area (Å²) in [4.78, 5) is 34.1. The maximum absolute atomic E-state index is 13.0. The van der Waals surface area contributed by atoms with Crippen LogP contribution in [-0.2, 0) is 13.0 Å². The van der Waals surface area contributed by atoms with Gasteiger partial charge in [0.25, 0.3) is 11.8 Å². The molecule has 1 saturated carbocycles. The minimum Gasteiger partial charge on any atom is -0.347 e. The summed E-state index contributed by atoms with van der Waals surface area (Å²) in [5.41, 5.74) is 1.69. The number of amides is 2. The van der Waals surface area contributed by atoms with E-state index >= 15 is 0 Å². The molecule has 2 heterocycles. The van der Waals surface area contributed by atoms with E-state index in [1.54, 1.807) is 0 Å². The second kappa shape index (κ2) is 10.7. The Bertz CT molecular complexity index is 1220. The van der Waals surface area contributed by atoms with Crippen LogP contribution in [0.25, 0.3) is 10.8 Å². The van der Waals surface area contributed by atoms with Crippen molar-refractivity contribution in [2.45, 2.75) is 50.7 Å². The molecule has 1 aromatic heterocycles. The third-order valence-electron chi connectivity index (χ3n) is 6.58. The number of hydrogen-bond donors (Lipinski definition) is 2. The zero-order valence-corrected chi connectivity index (χ0v) is 22.2. The van der Waals surface area contributed by atoms with Crippen LogP contribution < -0.4 is 10.6 Å². The number of nitrogens with zero attached hydrogens (tertiary/aromatic N) is 2. The van der Waals surface area contributed by atoms with E-state index in [1.807, 2.05) is 36.4 Å². The molecule has 1 aliphatic carbocycles. The minimum absolute atomic E-state index is 0. The molecule has 0 saturated heterocycles. The van der Waals surface area contributed by atoms with Gasteiger partial charge >= 0.3 is 0 Å². The molecule has 2 atom stereocenters. The quantitative estimate of drug-likeness (QED) is 0.472. The van der Waals surface area contributed by atoms with Crippen molar-refractivity contribution in [3.8, 4) is 0 Å². The van der Waals surface area contributed by atoms with E-state index in [1.165, 1.54) is 16.2 Å². The number of carbonyl (C=O) groups is 2. The van der Waals surface area contributed by atoms with Crippen LogP contribution in [0.3, 0.4) is 0 Å². The monoisotopic (exact) mass is 562 g/mol. The predicted octanol–water partition coefficient (Wildman–Crippen LogP) is 4.94. The molecule has 2 aromatic carbocycles. The maximum Gasteiger partial charge on any atom is 0.280 e. The van der Waals surface area contributed by atoms with E-state index < -0.39 is 0 Å². The summed E-state index contributed by atoms with van der Waals surface area (Å²) >= 11 is 4.98. The van der Waals surface area contributed by atoms with E-state index in [4.69, 9.17) is 0 Å². The molecule has 0 radical (unpaired) electrons. The fourth-order valence-electron chi connectivity index (χ4n) is 4.74. The highest BCUT2D eigenvalue weighted by Crippen LogP contribution is 2.26. The Balaban J connectivity index is 0.00000274. The lowest BCUT2D eigenvalue weighted by Crippen LogP contribution is -2.53. The summed E-state index contributed by atoms with van der Waals surface area (Å²) < 4.78 is 1.01. The number of benzene rings is 2. The number of thiazole rings is 1. The molecule has 0 bridgehead atoms. The molecular formula is C25H28BrClN4O2S. The first-order valence-electron chi connectivity index (χ1n) is 11.4. The van der Waals surface area contributed by atoms with Crippen LogP contribution in [0.15, 0.2) is 40.9 Å². The van der Waals surface area contributed by atoms with Gasteiger partial charge in [-0.3, -0.25) is 9.59 Å². The third kappa shape index (κ3) is 5.46. The number of nitrogens with one attached hydrogen (secondary N) is 2. The zero-order valence-electron chi connectivity index (χ0n) is 19.0. The van der Waals surface area contributed by atoms with Gasteiger partial charge in [-0.15, -0.1) is 23.7 Å². The molecular weight excluding hydrogens is 536 g/mol. The van der Waals surface area contributed by atoms with E-state index in [0.717, 1.165) is 66.1 Å². The number of aromatic nitrogens is 1. The maximum atomic E-state index is 13.0. The van der Waals surface area contributed by atoms with Crippen molar-refractivity contribution < 1.29 is 9.59 Å². The Morgan fingerprint density at radius 1 is 1.03 bits per heavy atom. The molecule has 2 N–H and O–H groups in total. The molecule has 2 aliphatic rings. The number of carbonyl (C=O) groups excluding carboxylic acids is 2. The van der Waals surface area contributed by atoms with Crippen LogP contribution >= 0.6 is 39.7 Å². The number of fused-ring (bicyclic) bond motifs is 2. The highest BCUT2D eigenvalue weighted by molar-refractivity contribution is 9.10. The van der Waals surface area contributed by atoms with E-state index in [0.29, 0.717) is 10.6 Å². The first-order chi connectivity index (χ1) is 16.0. The van der Waals surface area contributed by atoms with Crippen molar-refractivity contribution in [1.29, 1.82) is 0 Å². The van der Waals surface area contributed by atoms with E-state index in [-0.39, 0.29) is 36.3 Å². The van der Waals surface area contributed by atoms with Crippen molar-refractivity contribution in [1.82, 2.24) is 20.5 Å². The molecule has 2 amide bonds. The normalized spacial score (nSPS) is 20.3. The van der Waals surface area contributed by atoms with Gasteiger partial charge in [-0.25, -0.2) is 4.98 Å². The van der Waals surface area contributed by atoms with Crippen molar-refractivity contribution in [2.24, 2.45) is 0 Å². The number of rotatable bonds is 4. The molecule has 180 valence electrons. The lowest BCUT2D eigenvalue weighted by molar-refractivity contribution is 0.0862. The van der Waals surface area contributed by atoms with Gasteiger partial charge < -0.3 is 15.5 Å². The highest BCUT2D eigenvalue weighted by atomic mass is 79.9. The summed E-state index contributed by atoms with van der Waals surface area (Å²) in [6, 6.07) is 11.6. The van der Waals surface area contributed by atoms with Gasteiger partial charge in [0, 0.05) is 46.5 Å². The number of halogens is 2. The number of hydrogen-bond acceptors (Lipinski definition) is 5. The topological polar surface area (TPSA) is 74.3 Å². The van der Waals surface area contributed by atoms with Crippen LogP contribution in [0.5, 0.6) is 0 Å². The molecule has 1 fully saturated rings. The van der Waals surface area contributed by atoms with Gasteiger partial charge in [0.2, 0.25) is 0 Å². The molecule has 1 aliphatic heterocycles. The summed E-state index contributed by atoms with van der Waals surface area (Å²) in [6.45, 7) is 1.83.